The molecule has 2 fully saturated rings. The van der Waals surface area contributed by atoms with Gasteiger partial charge in [-0.15, -0.1) is 0 Å². The summed E-state index contributed by atoms with van der Waals surface area (Å²) in [6.07, 6.45) is 1.55. The van der Waals surface area contributed by atoms with Gasteiger partial charge in [-0.1, -0.05) is 71.4 Å². The van der Waals surface area contributed by atoms with E-state index in [-0.39, 0.29) is 29.7 Å². The fourth-order valence-electron chi connectivity index (χ4n) is 5.25. The average molecular weight is 506 g/mol. The Morgan fingerprint density at radius 3 is 2.05 bits per heavy atom. The average Bonchev–Trinajstić information content (AvgIpc) is 3.40. The normalized spacial score (nSPS) is 22.2. The first-order chi connectivity index (χ1) is 17.2. The van der Waals surface area contributed by atoms with Gasteiger partial charge in [0.25, 0.3) is 11.7 Å². The summed E-state index contributed by atoms with van der Waals surface area (Å²) < 4.78 is 5.83. The van der Waals surface area contributed by atoms with Crippen LogP contribution in [0.1, 0.15) is 88.2 Å². The number of Topliss-reactive ketones (excluding diaryl/α,β-unsaturated/α-hetero) is 1. The number of aliphatic hydroxyl groups is 1. The van der Waals surface area contributed by atoms with Gasteiger partial charge in [-0.25, -0.2) is 0 Å². The maximum atomic E-state index is 13.5. The molecule has 6 heteroatoms. The highest BCUT2D eigenvalue weighted by Gasteiger charge is 2.47. The van der Waals surface area contributed by atoms with Crippen molar-refractivity contribution >= 4 is 17.4 Å². The van der Waals surface area contributed by atoms with Gasteiger partial charge in [-0.3, -0.25) is 9.59 Å². The lowest BCUT2D eigenvalue weighted by Crippen LogP contribution is -2.36. The number of ketones is 1. The summed E-state index contributed by atoms with van der Waals surface area (Å²) in [5.74, 6) is -1.32. The van der Waals surface area contributed by atoms with Crippen molar-refractivity contribution in [3.05, 3.63) is 69.8 Å². The third-order valence-electron chi connectivity index (χ3n) is 7.35. The first-order valence-corrected chi connectivity index (χ1v) is 13.0. The lowest BCUT2D eigenvalue weighted by Gasteiger charge is -2.32. The molecule has 0 aliphatic carbocycles. The molecule has 2 heterocycles. The van der Waals surface area contributed by atoms with Gasteiger partial charge in [0.1, 0.15) is 11.5 Å². The number of phenols is 1. The van der Waals surface area contributed by atoms with Gasteiger partial charge in [0.05, 0.1) is 17.7 Å². The Kier molecular flexibility index (Phi) is 7.02. The standard InChI is InChI=1S/C31H39NO5/c1-18-10-12-19(13-11-18)26(33)24-25(32(29(36)28(24)35)17-21-9-8-14-37-21)20-15-22(30(2,3)4)27(34)23(16-20)31(5,6)7/h10-13,15-16,21,25,33-34H,8-9,14,17H2,1-7H3/b26-24+. The number of likely N-dealkylation sites (tertiary alicyclic amines) is 1. The Morgan fingerprint density at radius 1 is 1.00 bits per heavy atom. The van der Waals surface area contributed by atoms with Crippen molar-refractivity contribution < 1.29 is 24.5 Å². The molecule has 2 unspecified atom stereocenters. The monoisotopic (exact) mass is 505 g/mol. The number of aliphatic hydroxyl groups excluding tert-OH is 1. The minimum atomic E-state index is -0.798. The van der Waals surface area contributed by atoms with Crippen LogP contribution in [0.15, 0.2) is 42.0 Å². The zero-order valence-corrected chi connectivity index (χ0v) is 23.0. The zero-order valence-electron chi connectivity index (χ0n) is 23.0. The van der Waals surface area contributed by atoms with Gasteiger partial charge in [-0.05, 0) is 59.4 Å². The third-order valence-corrected chi connectivity index (χ3v) is 7.35. The molecule has 4 rings (SSSR count). The van der Waals surface area contributed by atoms with Crippen LogP contribution in [0, 0.1) is 6.92 Å². The second kappa shape index (κ2) is 9.64. The SMILES string of the molecule is Cc1ccc(/C(O)=C2\C(=O)C(=O)N(CC3CCCO3)C2c2cc(C(C)(C)C)c(O)c(C(C)(C)C)c2)cc1. The molecule has 0 aromatic heterocycles. The molecule has 2 saturated heterocycles. The predicted molar refractivity (Wildman–Crippen MR) is 145 cm³/mol. The summed E-state index contributed by atoms with van der Waals surface area (Å²) >= 11 is 0. The topological polar surface area (TPSA) is 87.1 Å². The number of aryl methyl sites for hydroxylation is 1. The van der Waals surface area contributed by atoms with Crippen molar-refractivity contribution in [3.63, 3.8) is 0 Å². The molecule has 0 spiro atoms. The number of ether oxygens (including phenoxy) is 1. The van der Waals surface area contributed by atoms with Crippen molar-refractivity contribution in [2.75, 3.05) is 13.2 Å². The minimum Gasteiger partial charge on any atom is -0.507 e. The molecule has 2 atom stereocenters. The van der Waals surface area contributed by atoms with Gasteiger partial charge < -0.3 is 19.8 Å². The molecule has 1 amide bonds. The molecule has 2 aliphatic rings. The fourth-order valence-corrected chi connectivity index (χ4v) is 5.25. The van der Waals surface area contributed by atoms with Crippen molar-refractivity contribution in [2.24, 2.45) is 0 Å². The number of hydrogen-bond acceptors (Lipinski definition) is 5. The number of hydrogen-bond donors (Lipinski definition) is 2. The number of rotatable bonds is 4. The van der Waals surface area contributed by atoms with Crippen molar-refractivity contribution in [1.82, 2.24) is 4.90 Å². The summed E-state index contributed by atoms with van der Waals surface area (Å²) in [5, 5.41) is 22.7. The van der Waals surface area contributed by atoms with Crippen LogP contribution in [0.25, 0.3) is 5.76 Å². The number of carbonyl (C=O) groups is 2. The number of aromatic hydroxyl groups is 1. The van der Waals surface area contributed by atoms with Crippen LogP contribution in [0.4, 0.5) is 0 Å². The Labute approximate surface area is 220 Å². The van der Waals surface area contributed by atoms with Crippen molar-refractivity contribution in [2.45, 2.75) is 84.3 Å². The molecule has 6 nitrogen and oxygen atoms in total. The summed E-state index contributed by atoms with van der Waals surface area (Å²) in [5.41, 5.74) is 2.94. The van der Waals surface area contributed by atoms with E-state index in [2.05, 4.69) is 0 Å². The van der Waals surface area contributed by atoms with Crippen LogP contribution in [-0.4, -0.2) is 46.1 Å². The van der Waals surface area contributed by atoms with E-state index >= 15 is 0 Å². The molecular formula is C31H39NO5. The van der Waals surface area contributed by atoms with Crippen LogP contribution in [0.5, 0.6) is 5.75 Å². The lowest BCUT2D eigenvalue weighted by atomic mass is 9.77. The number of benzene rings is 2. The smallest absolute Gasteiger partial charge is 0.295 e. The van der Waals surface area contributed by atoms with Gasteiger partial charge in [-0.2, -0.15) is 0 Å². The Hall–Kier alpha value is -3.12. The minimum absolute atomic E-state index is 0.0669. The number of phenolic OH excluding ortho intramolecular Hbond substituents is 1. The van der Waals surface area contributed by atoms with E-state index < -0.39 is 28.6 Å². The first kappa shape index (κ1) is 26.9. The number of amides is 1. The number of nitrogens with zero attached hydrogens (tertiary/aromatic N) is 1. The third kappa shape index (κ3) is 5.17. The highest BCUT2D eigenvalue weighted by molar-refractivity contribution is 6.46. The highest BCUT2D eigenvalue weighted by atomic mass is 16.5. The predicted octanol–water partition coefficient (Wildman–Crippen LogP) is 5.90. The van der Waals surface area contributed by atoms with E-state index in [4.69, 9.17) is 4.74 Å². The van der Waals surface area contributed by atoms with E-state index in [0.29, 0.717) is 17.7 Å². The maximum absolute atomic E-state index is 13.5. The van der Waals surface area contributed by atoms with Crippen LogP contribution < -0.4 is 0 Å². The summed E-state index contributed by atoms with van der Waals surface area (Å²) in [6.45, 7) is 15.0. The summed E-state index contributed by atoms with van der Waals surface area (Å²) in [7, 11) is 0. The molecular weight excluding hydrogens is 466 g/mol. The van der Waals surface area contributed by atoms with E-state index in [0.717, 1.165) is 29.5 Å². The van der Waals surface area contributed by atoms with Crippen molar-refractivity contribution in [1.29, 1.82) is 0 Å². The van der Waals surface area contributed by atoms with E-state index in [1.807, 2.05) is 72.7 Å². The van der Waals surface area contributed by atoms with Crippen molar-refractivity contribution in [3.8, 4) is 5.75 Å². The molecule has 2 aliphatic heterocycles. The highest BCUT2D eigenvalue weighted by Crippen LogP contribution is 2.46. The van der Waals surface area contributed by atoms with Crippen LogP contribution >= 0.6 is 0 Å². The largest absolute Gasteiger partial charge is 0.507 e. The molecule has 0 saturated carbocycles. The van der Waals surface area contributed by atoms with Crippen LogP contribution in [0.2, 0.25) is 0 Å². The summed E-state index contributed by atoms with van der Waals surface area (Å²) in [6, 6.07) is 10.2. The molecule has 0 radical (unpaired) electrons. The first-order valence-electron chi connectivity index (χ1n) is 13.0. The summed E-state index contributed by atoms with van der Waals surface area (Å²) in [4.78, 5) is 28.5. The Morgan fingerprint density at radius 2 is 1.57 bits per heavy atom. The van der Waals surface area contributed by atoms with E-state index in [1.165, 1.54) is 0 Å². The molecule has 37 heavy (non-hydrogen) atoms. The lowest BCUT2D eigenvalue weighted by molar-refractivity contribution is -0.140. The second-order valence-corrected chi connectivity index (χ2v) is 12.4. The fraction of sp³-hybridized carbons (Fsp3) is 0.484. The number of carbonyl (C=O) groups excluding carboxylic acids is 2. The Bertz CT molecular complexity index is 1200. The van der Waals surface area contributed by atoms with Crippen LogP contribution in [0.3, 0.4) is 0 Å². The van der Waals surface area contributed by atoms with E-state index in [9.17, 15) is 19.8 Å². The second-order valence-electron chi connectivity index (χ2n) is 12.4. The Balaban J connectivity index is 1.98. The molecule has 2 N–H and O–H groups in total. The zero-order chi connectivity index (χ0) is 27.3. The van der Waals surface area contributed by atoms with Crippen LogP contribution in [-0.2, 0) is 25.2 Å². The van der Waals surface area contributed by atoms with Gasteiger partial charge in [0.2, 0.25) is 0 Å². The van der Waals surface area contributed by atoms with E-state index in [1.54, 1.807) is 17.0 Å². The van der Waals surface area contributed by atoms with Gasteiger partial charge in [0, 0.05) is 18.7 Å². The maximum Gasteiger partial charge on any atom is 0.295 e. The van der Waals surface area contributed by atoms with Gasteiger partial charge in [0.15, 0.2) is 0 Å². The molecule has 198 valence electrons. The van der Waals surface area contributed by atoms with Gasteiger partial charge >= 0.3 is 0 Å². The molecule has 0 bridgehead atoms. The molecule has 2 aromatic carbocycles. The quantitative estimate of drug-likeness (QED) is 0.307. The molecule has 2 aromatic rings.